The van der Waals surface area contributed by atoms with Gasteiger partial charge in [-0.2, -0.15) is 0 Å². The molecule has 0 aliphatic heterocycles. The van der Waals surface area contributed by atoms with Gasteiger partial charge < -0.3 is 15.2 Å². The molecule has 1 aromatic rings. The number of ether oxygens (including phenoxy) is 2. The zero-order valence-electron chi connectivity index (χ0n) is 9.89. The van der Waals surface area contributed by atoms with Crippen molar-refractivity contribution in [2.24, 2.45) is 5.73 Å². The van der Waals surface area contributed by atoms with Crippen LogP contribution in [-0.2, 0) is 14.3 Å². The molecule has 0 aliphatic rings. The van der Waals surface area contributed by atoms with Crippen LogP contribution in [-0.4, -0.2) is 25.3 Å². The van der Waals surface area contributed by atoms with Gasteiger partial charge in [0.2, 0.25) is 0 Å². The van der Waals surface area contributed by atoms with Gasteiger partial charge in [0.15, 0.2) is 0 Å². The third kappa shape index (κ3) is 4.63. The molecule has 98 valence electrons. The van der Waals surface area contributed by atoms with Crippen LogP contribution in [0.1, 0.15) is 18.4 Å². The molecule has 1 atom stereocenters. The number of halogens is 1. The zero-order valence-corrected chi connectivity index (χ0v) is 10.6. The lowest BCUT2D eigenvalue weighted by atomic mass is 10.0. The molecule has 0 saturated heterocycles. The summed E-state index contributed by atoms with van der Waals surface area (Å²) in [4.78, 5) is 21.4. The van der Waals surface area contributed by atoms with Crippen molar-refractivity contribution in [1.82, 2.24) is 0 Å². The second kappa shape index (κ2) is 6.86. The van der Waals surface area contributed by atoms with E-state index in [-0.39, 0.29) is 19.1 Å². The third-order valence-electron chi connectivity index (χ3n) is 2.26. The summed E-state index contributed by atoms with van der Waals surface area (Å²) in [5.41, 5.74) is 5.65. The van der Waals surface area contributed by atoms with Crippen molar-refractivity contribution in [3.05, 3.63) is 34.9 Å². The van der Waals surface area contributed by atoms with Crippen LogP contribution in [0.3, 0.4) is 0 Å². The molecule has 1 rings (SSSR count). The highest BCUT2D eigenvalue weighted by molar-refractivity contribution is 6.31. The number of rotatable bonds is 5. The maximum Gasteiger partial charge on any atom is 0.404 e. The smallest absolute Gasteiger partial charge is 0.404 e. The van der Waals surface area contributed by atoms with Gasteiger partial charge in [-0.3, -0.25) is 4.79 Å². The van der Waals surface area contributed by atoms with E-state index in [0.29, 0.717) is 5.02 Å². The van der Waals surface area contributed by atoms with E-state index >= 15 is 0 Å². The Morgan fingerprint density at radius 2 is 1.89 bits per heavy atom. The Morgan fingerprint density at radius 3 is 2.44 bits per heavy atom. The number of benzene rings is 1. The molecular formula is C12H14ClNO4. The molecule has 0 radical (unpaired) electrons. The second-order valence-electron chi connectivity index (χ2n) is 3.65. The van der Waals surface area contributed by atoms with Crippen LogP contribution < -0.4 is 5.73 Å². The Morgan fingerprint density at radius 1 is 1.28 bits per heavy atom. The largest absolute Gasteiger partial charge is 0.465 e. The van der Waals surface area contributed by atoms with Crippen LogP contribution >= 0.6 is 11.6 Å². The van der Waals surface area contributed by atoms with E-state index in [2.05, 4.69) is 0 Å². The van der Waals surface area contributed by atoms with Gasteiger partial charge in [-0.25, -0.2) is 4.79 Å². The Bertz CT molecular complexity index is 418. The number of hydrogen-bond acceptors (Lipinski definition) is 4. The van der Waals surface area contributed by atoms with Crippen molar-refractivity contribution in [2.45, 2.75) is 12.8 Å². The van der Waals surface area contributed by atoms with E-state index in [0.717, 1.165) is 5.56 Å². The van der Waals surface area contributed by atoms with Crippen LogP contribution in [0.2, 0.25) is 5.02 Å². The summed E-state index contributed by atoms with van der Waals surface area (Å²) in [7, 11) is 0. The highest BCUT2D eigenvalue weighted by Gasteiger charge is 2.17. The van der Waals surface area contributed by atoms with Gasteiger partial charge in [0.05, 0.1) is 5.92 Å². The fourth-order valence-electron chi connectivity index (χ4n) is 1.43. The Hall–Kier alpha value is -1.75. The average Bonchev–Trinajstić information content (AvgIpc) is 2.30. The van der Waals surface area contributed by atoms with E-state index in [9.17, 15) is 9.59 Å². The van der Waals surface area contributed by atoms with Crippen molar-refractivity contribution >= 4 is 23.7 Å². The molecule has 0 heterocycles. The second-order valence-corrected chi connectivity index (χ2v) is 4.06. The molecule has 0 spiro atoms. The lowest BCUT2D eigenvalue weighted by Gasteiger charge is -2.17. The number of carbonyl (C=O) groups excluding carboxylic acids is 2. The monoisotopic (exact) mass is 271 g/mol. The minimum absolute atomic E-state index is 0.00630. The summed E-state index contributed by atoms with van der Waals surface area (Å²) >= 11 is 6.04. The summed E-state index contributed by atoms with van der Waals surface area (Å²) < 4.78 is 9.65. The molecule has 0 bridgehead atoms. The summed E-state index contributed by atoms with van der Waals surface area (Å²) in [5.74, 6) is -0.749. The van der Waals surface area contributed by atoms with E-state index in [1.165, 1.54) is 6.92 Å². The molecule has 0 unspecified atom stereocenters. The van der Waals surface area contributed by atoms with E-state index in [1.54, 1.807) is 24.3 Å². The van der Waals surface area contributed by atoms with Crippen molar-refractivity contribution in [3.63, 3.8) is 0 Å². The molecule has 0 aromatic heterocycles. The first kappa shape index (κ1) is 14.3. The van der Waals surface area contributed by atoms with Crippen LogP contribution in [0.4, 0.5) is 4.79 Å². The molecule has 6 heteroatoms. The lowest BCUT2D eigenvalue weighted by Crippen LogP contribution is -2.21. The number of carbonyl (C=O) groups is 2. The fraction of sp³-hybridized carbons (Fsp3) is 0.333. The summed E-state index contributed by atoms with van der Waals surface area (Å²) in [6.45, 7) is 1.39. The average molecular weight is 272 g/mol. The van der Waals surface area contributed by atoms with Crippen molar-refractivity contribution in [3.8, 4) is 0 Å². The van der Waals surface area contributed by atoms with Gasteiger partial charge in [0, 0.05) is 11.9 Å². The van der Waals surface area contributed by atoms with Gasteiger partial charge >= 0.3 is 12.1 Å². The van der Waals surface area contributed by atoms with Gasteiger partial charge in [0.25, 0.3) is 0 Å². The number of amides is 1. The quantitative estimate of drug-likeness (QED) is 0.832. The first-order valence-electron chi connectivity index (χ1n) is 5.30. The van der Waals surface area contributed by atoms with E-state index < -0.39 is 12.1 Å². The molecule has 1 aromatic carbocycles. The van der Waals surface area contributed by atoms with E-state index in [4.69, 9.17) is 26.8 Å². The molecule has 18 heavy (non-hydrogen) atoms. The number of nitrogens with two attached hydrogens (primary N) is 1. The van der Waals surface area contributed by atoms with Crippen molar-refractivity contribution in [1.29, 1.82) is 0 Å². The summed E-state index contributed by atoms with van der Waals surface area (Å²) in [5, 5.41) is 0.516. The molecule has 5 nitrogen and oxygen atoms in total. The number of primary amides is 1. The van der Waals surface area contributed by atoms with Crippen molar-refractivity contribution in [2.75, 3.05) is 13.2 Å². The Labute approximate surface area is 110 Å². The normalized spacial score (nSPS) is 11.7. The first-order chi connectivity index (χ1) is 8.50. The SMILES string of the molecule is CC(=O)OC[C@@H](COC(N)=O)c1ccccc1Cl. The molecular weight excluding hydrogens is 258 g/mol. The van der Waals surface area contributed by atoms with Gasteiger partial charge in [-0.05, 0) is 11.6 Å². The summed E-state index contributed by atoms with van der Waals surface area (Å²) in [6.07, 6.45) is -0.880. The topological polar surface area (TPSA) is 78.6 Å². The molecule has 0 aliphatic carbocycles. The maximum absolute atomic E-state index is 10.8. The predicted molar refractivity (Wildman–Crippen MR) is 66.4 cm³/mol. The van der Waals surface area contributed by atoms with Gasteiger partial charge in [-0.1, -0.05) is 29.8 Å². The molecule has 2 N–H and O–H groups in total. The Kier molecular flexibility index (Phi) is 5.45. The summed E-state index contributed by atoms with van der Waals surface area (Å²) in [6, 6.07) is 7.07. The van der Waals surface area contributed by atoms with Crippen LogP contribution in [0, 0.1) is 0 Å². The maximum atomic E-state index is 10.8. The minimum Gasteiger partial charge on any atom is -0.465 e. The minimum atomic E-state index is -0.880. The van der Waals surface area contributed by atoms with Gasteiger partial charge in [0.1, 0.15) is 13.2 Å². The number of esters is 1. The highest BCUT2D eigenvalue weighted by atomic mass is 35.5. The number of hydrogen-bond donors (Lipinski definition) is 1. The Balaban J connectivity index is 2.79. The lowest BCUT2D eigenvalue weighted by molar-refractivity contribution is -0.141. The van der Waals surface area contributed by atoms with Crippen LogP contribution in [0.15, 0.2) is 24.3 Å². The zero-order chi connectivity index (χ0) is 13.5. The first-order valence-corrected chi connectivity index (χ1v) is 5.68. The predicted octanol–water partition coefficient (Wildman–Crippen LogP) is 2.08. The molecule has 0 fully saturated rings. The third-order valence-corrected chi connectivity index (χ3v) is 2.60. The standard InChI is InChI=1S/C12H14ClNO4/c1-8(15)17-6-9(7-18-12(14)16)10-4-2-3-5-11(10)13/h2-5,9H,6-7H2,1H3,(H2,14,16)/t9-/m0/s1. The fourth-order valence-corrected chi connectivity index (χ4v) is 1.72. The van der Waals surface area contributed by atoms with Crippen LogP contribution in [0.5, 0.6) is 0 Å². The highest BCUT2D eigenvalue weighted by Crippen LogP contribution is 2.25. The molecule has 0 saturated carbocycles. The van der Waals surface area contributed by atoms with Crippen LogP contribution in [0.25, 0.3) is 0 Å². The molecule has 1 amide bonds. The van der Waals surface area contributed by atoms with Crippen molar-refractivity contribution < 1.29 is 19.1 Å². The van der Waals surface area contributed by atoms with E-state index in [1.807, 2.05) is 0 Å². The van der Waals surface area contributed by atoms with Gasteiger partial charge in [-0.15, -0.1) is 0 Å².